The number of hydrogen-bond donors (Lipinski definition) is 0. The molecule has 8 nitrogen and oxygen atoms in total. The highest BCUT2D eigenvalue weighted by Crippen LogP contribution is 2.35. The van der Waals surface area contributed by atoms with Crippen molar-refractivity contribution in [2.75, 3.05) is 7.11 Å². The zero-order valence-corrected chi connectivity index (χ0v) is 19.2. The molecular weight excluding hydrogens is 513 g/mol. The van der Waals surface area contributed by atoms with E-state index in [9.17, 15) is 15.4 Å². The molecule has 9 heteroatoms. The number of nitro benzene ring substituents is 1. The maximum absolute atomic E-state index is 10.8. The summed E-state index contributed by atoms with van der Waals surface area (Å²) in [6.07, 6.45) is 1.60. The van der Waals surface area contributed by atoms with E-state index in [1.54, 1.807) is 31.3 Å². The molecule has 2 aromatic carbocycles. The third-order valence-electron chi connectivity index (χ3n) is 4.59. The summed E-state index contributed by atoms with van der Waals surface area (Å²) in [5.41, 5.74) is 2.76. The maximum atomic E-state index is 10.8. The molecule has 0 aliphatic rings. The van der Waals surface area contributed by atoms with E-state index >= 15 is 0 Å². The van der Waals surface area contributed by atoms with Crippen molar-refractivity contribution in [1.29, 1.82) is 5.26 Å². The first-order valence-electron chi connectivity index (χ1n) is 9.11. The fourth-order valence-corrected chi connectivity index (χ4v) is 3.57. The Bertz CT molecular complexity index is 1190. The number of non-ortho nitro benzene ring substituents is 1. The SMILES string of the molecule is COc1cc(C=Nc2oc(C)c(C)c2C#N)cc(I)c1OCc1ccc([N+](=O)[O-])cc1. The summed E-state index contributed by atoms with van der Waals surface area (Å²) in [5, 5.41) is 20.1. The van der Waals surface area contributed by atoms with E-state index in [2.05, 4.69) is 33.7 Å². The van der Waals surface area contributed by atoms with Crippen LogP contribution in [0, 0.1) is 38.9 Å². The van der Waals surface area contributed by atoms with Crippen molar-refractivity contribution in [3.63, 3.8) is 0 Å². The number of benzene rings is 2. The average molecular weight is 531 g/mol. The number of nitrogens with zero attached hydrogens (tertiary/aromatic N) is 3. The molecule has 0 spiro atoms. The standard InChI is InChI=1S/C22H18IN3O5/c1-13-14(2)31-22(18(13)10-24)25-11-16-8-19(23)21(20(9-16)29-3)30-12-15-4-6-17(7-5-15)26(27)28/h4-9,11H,12H2,1-3H3. The highest BCUT2D eigenvalue weighted by molar-refractivity contribution is 14.1. The van der Waals surface area contributed by atoms with Crippen molar-refractivity contribution in [1.82, 2.24) is 0 Å². The Morgan fingerprint density at radius 3 is 2.61 bits per heavy atom. The van der Waals surface area contributed by atoms with Gasteiger partial charge in [-0.1, -0.05) is 0 Å². The molecule has 0 amide bonds. The van der Waals surface area contributed by atoms with E-state index in [-0.39, 0.29) is 18.2 Å². The second-order valence-corrected chi connectivity index (χ2v) is 7.74. The minimum absolute atomic E-state index is 0.0288. The van der Waals surface area contributed by atoms with E-state index in [1.807, 2.05) is 13.0 Å². The van der Waals surface area contributed by atoms with Gasteiger partial charge < -0.3 is 13.9 Å². The van der Waals surface area contributed by atoms with Crippen molar-refractivity contribution in [2.45, 2.75) is 20.5 Å². The Balaban J connectivity index is 1.81. The predicted octanol–water partition coefficient (Wildman–Crippen LogP) is 5.62. The number of halogens is 1. The molecule has 0 saturated carbocycles. The Hall–Kier alpha value is -3.39. The van der Waals surface area contributed by atoms with Crippen LogP contribution < -0.4 is 9.47 Å². The molecule has 3 aromatic rings. The highest BCUT2D eigenvalue weighted by atomic mass is 127. The van der Waals surface area contributed by atoms with Gasteiger partial charge in [-0.05, 0) is 71.8 Å². The van der Waals surface area contributed by atoms with Gasteiger partial charge in [0.25, 0.3) is 5.69 Å². The van der Waals surface area contributed by atoms with Gasteiger partial charge in [0.1, 0.15) is 24.0 Å². The largest absolute Gasteiger partial charge is 0.493 e. The number of furan rings is 1. The third-order valence-corrected chi connectivity index (χ3v) is 5.39. The topological polar surface area (TPSA) is 111 Å². The van der Waals surface area contributed by atoms with Crippen molar-refractivity contribution in [3.05, 3.63) is 78.1 Å². The van der Waals surface area contributed by atoms with Crippen LogP contribution in [0.1, 0.15) is 28.0 Å². The fraction of sp³-hybridized carbons (Fsp3) is 0.182. The van der Waals surface area contributed by atoms with Crippen LogP contribution in [0.25, 0.3) is 0 Å². The maximum Gasteiger partial charge on any atom is 0.269 e. The van der Waals surface area contributed by atoms with Crippen molar-refractivity contribution in [2.24, 2.45) is 4.99 Å². The minimum atomic E-state index is -0.443. The first kappa shape index (κ1) is 22.3. The van der Waals surface area contributed by atoms with Gasteiger partial charge in [-0.25, -0.2) is 4.99 Å². The van der Waals surface area contributed by atoms with Gasteiger partial charge >= 0.3 is 0 Å². The Labute approximate surface area is 192 Å². The van der Waals surface area contributed by atoms with Crippen LogP contribution in [-0.2, 0) is 6.61 Å². The second-order valence-electron chi connectivity index (χ2n) is 6.58. The van der Waals surface area contributed by atoms with Gasteiger partial charge in [0.15, 0.2) is 11.5 Å². The number of nitriles is 1. The van der Waals surface area contributed by atoms with Crippen molar-refractivity contribution < 1.29 is 18.8 Å². The number of aryl methyl sites for hydroxylation is 1. The first-order valence-corrected chi connectivity index (χ1v) is 10.2. The van der Waals surface area contributed by atoms with E-state index in [4.69, 9.17) is 13.9 Å². The van der Waals surface area contributed by atoms with Gasteiger partial charge in [0.05, 0.1) is 15.6 Å². The summed E-state index contributed by atoms with van der Waals surface area (Å²) in [6.45, 7) is 3.84. The Morgan fingerprint density at radius 2 is 2.00 bits per heavy atom. The Morgan fingerprint density at radius 1 is 1.29 bits per heavy atom. The first-order chi connectivity index (χ1) is 14.8. The molecule has 0 N–H and O–H groups in total. The third kappa shape index (κ3) is 5.03. The van der Waals surface area contributed by atoms with Crippen LogP contribution in [0.3, 0.4) is 0 Å². The molecule has 0 bridgehead atoms. The van der Waals surface area contributed by atoms with Gasteiger partial charge in [0, 0.05) is 23.9 Å². The van der Waals surface area contributed by atoms with Gasteiger partial charge in [-0.3, -0.25) is 10.1 Å². The Kier molecular flexibility index (Phi) is 6.91. The summed E-state index contributed by atoms with van der Waals surface area (Å²) in [4.78, 5) is 14.7. The number of ether oxygens (including phenoxy) is 2. The van der Waals surface area contributed by atoms with E-state index in [1.165, 1.54) is 19.2 Å². The van der Waals surface area contributed by atoms with Crippen LogP contribution >= 0.6 is 22.6 Å². The molecule has 3 rings (SSSR count). The summed E-state index contributed by atoms with van der Waals surface area (Å²) < 4.78 is 17.7. The van der Waals surface area contributed by atoms with Crippen molar-refractivity contribution >= 4 is 40.4 Å². The second kappa shape index (κ2) is 9.61. The van der Waals surface area contributed by atoms with Crippen LogP contribution in [0.15, 0.2) is 45.8 Å². The number of rotatable bonds is 7. The average Bonchev–Trinajstić information content (AvgIpc) is 3.04. The zero-order chi connectivity index (χ0) is 22.5. The summed E-state index contributed by atoms with van der Waals surface area (Å²) in [5.74, 6) is 2.00. The lowest BCUT2D eigenvalue weighted by Gasteiger charge is -2.13. The van der Waals surface area contributed by atoms with Crippen LogP contribution in [0.2, 0.25) is 0 Å². The minimum Gasteiger partial charge on any atom is -0.493 e. The summed E-state index contributed by atoms with van der Waals surface area (Å²) in [6, 6.07) is 11.9. The monoisotopic (exact) mass is 531 g/mol. The zero-order valence-electron chi connectivity index (χ0n) is 17.0. The van der Waals surface area contributed by atoms with Gasteiger partial charge in [-0.15, -0.1) is 0 Å². The lowest BCUT2D eigenvalue weighted by atomic mass is 10.2. The number of aliphatic imine (C=N–C) groups is 1. The van der Waals surface area contributed by atoms with Crippen LogP contribution in [0.5, 0.6) is 11.5 Å². The molecule has 0 atom stereocenters. The summed E-state index contributed by atoms with van der Waals surface area (Å²) in [7, 11) is 1.54. The highest BCUT2D eigenvalue weighted by Gasteiger charge is 2.15. The molecule has 0 saturated heterocycles. The molecule has 0 aliphatic heterocycles. The lowest BCUT2D eigenvalue weighted by Crippen LogP contribution is -2.01. The van der Waals surface area contributed by atoms with Gasteiger partial charge in [0.2, 0.25) is 5.88 Å². The number of methoxy groups -OCH3 is 1. The quantitative estimate of drug-likeness (QED) is 0.169. The fourth-order valence-electron chi connectivity index (χ4n) is 2.79. The molecule has 1 heterocycles. The molecular formula is C22H18IN3O5. The molecule has 0 unspecified atom stereocenters. The van der Waals surface area contributed by atoms with E-state index in [0.29, 0.717) is 22.8 Å². The summed E-state index contributed by atoms with van der Waals surface area (Å²) >= 11 is 2.14. The van der Waals surface area contributed by atoms with Crippen molar-refractivity contribution in [3.8, 4) is 17.6 Å². The number of hydrogen-bond acceptors (Lipinski definition) is 7. The number of nitro groups is 1. The molecule has 0 radical (unpaired) electrons. The normalized spacial score (nSPS) is 10.8. The molecule has 0 fully saturated rings. The van der Waals surface area contributed by atoms with E-state index < -0.39 is 4.92 Å². The van der Waals surface area contributed by atoms with Gasteiger partial charge in [-0.2, -0.15) is 5.26 Å². The molecule has 1 aromatic heterocycles. The van der Waals surface area contributed by atoms with Crippen LogP contribution in [-0.4, -0.2) is 18.2 Å². The van der Waals surface area contributed by atoms with E-state index in [0.717, 1.165) is 20.3 Å². The molecule has 0 aliphatic carbocycles. The lowest BCUT2D eigenvalue weighted by molar-refractivity contribution is -0.384. The molecule has 31 heavy (non-hydrogen) atoms. The molecule has 158 valence electrons. The van der Waals surface area contributed by atoms with Crippen LogP contribution in [0.4, 0.5) is 11.6 Å². The predicted molar refractivity (Wildman–Crippen MR) is 123 cm³/mol. The smallest absolute Gasteiger partial charge is 0.269 e.